The summed E-state index contributed by atoms with van der Waals surface area (Å²) in [5.74, 6) is -4.32. The Morgan fingerprint density at radius 1 is 1.00 bits per heavy atom. The number of nitrogens with two attached hydrogens (primary N) is 2. The number of aliphatic imine (C=N–C) groups is 1. The minimum absolute atomic E-state index is 0.0950. The number of hydrogen-bond acceptors (Lipinski definition) is 5. The molecule has 1 aliphatic rings. The van der Waals surface area contributed by atoms with Crippen LogP contribution in [0.2, 0.25) is 0 Å². The van der Waals surface area contributed by atoms with Crippen LogP contribution in [0.3, 0.4) is 0 Å². The lowest BCUT2D eigenvalue weighted by Gasteiger charge is -2.35. The van der Waals surface area contributed by atoms with Gasteiger partial charge in [0.1, 0.15) is 29.9 Å². The summed E-state index contributed by atoms with van der Waals surface area (Å²) in [5, 5.41) is 0. The minimum atomic E-state index is -3.46. The van der Waals surface area contributed by atoms with Gasteiger partial charge in [0.15, 0.2) is 0 Å². The maximum absolute atomic E-state index is 15.1. The highest BCUT2D eigenvalue weighted by molar-refractivity contribution is 7.80. The Morgan fingerprint density at radius 2 is 1.56 bits per heavy atom. The molecule has 1 unspecified atom stereocenters. The highest BCUT2D eigenvalue weighted by atomic mass is 32.1. The molecule has 0 bridgehead atoms. The zero-order valence-corrected chi connectivity index (χ0v) is 20.8. The van der Waals surface area contributed by atoms with E-state index in [2.05, 4.69) is 23.4 Å². The Kier molecular flexibility index (Phi) is 12.6. The Bertz CT molecular complexity index is 873. The first-order valence-electron chi connectivity index (χ1n) is 10.6. The average Bonchev–Trinajstić information content (AvgIpc) is 2.87. The predicted octanol–water partition coefficient (Wildman–Crippen LogP) is 6.25. The van der Waals surface area contributed by atoms with E-state index in [1.807, 2.05) is 27.7 Å². The second kappa shape index (κ2) is 13.5. The van der Waals surface area contributed by atoms with Crippen molar-refractivity contribution in [3.63, 3.8) is 0 Å². The van der Waals surface area contributed by atoms with E-state index in [9.17, 15) is 4.39 Å². The number of alkyl halides is 2. The molecule has 180 valence electrons. The van der Waals surface area contributed by atoms with Gasteiger partial charge in [-0.15, -0.1) is 12.6 Å². The van der Waals surface area contributed by atoms with Crippen molar-refractivity contribution in [2.75, 3.05) is 13.7 Å². The highest BCUT2D eigenvalue weighted by Crippen LogP contribution is 2.46. The lowest BCUT2D eigenvalue weighted by Crippen LogP contribution is -2.48. The molecule has 1 atom stereocenters. The molecule has 3 rings (SSSR count). The first-order chi connectivity index (χ1) is 15.1. The summed E-state index contributed by atoms with van der Waals surface area (Å²) in [6.45, 7) is 10.3. The van der Waals surface area contributed by atoms with Crippen LogP contribution in [0.1, 0.15) is 53.1 Å². The zero-order chi connectivity index (χ0) is 25.1. The number of hydrogen-bond donors (Lipinski definition) is 3. The van der Waals surface area contributed by atoms with Crippen molar-refractivity contribution in [1.82, 2.24) is 0 Å². The van der Waals surface area contributed by atoms with Crippen molar-refractivity contribution in [1.29, 1.82) is 0 Å². The second-order valence-corrected chi connectivity index (χ2v) is 7.25. The molecule has 0 aromatic heterocycles. The Labute approximate surface area is 195 Å². The number of amidine groups is 1. The molecule has 2 aromatic rings. The molecule has 0 radical (unpaired) electrons. The fourth-order valence-corrected chi connectivity index (χ4v) is 3.07. The molecule has 1 heterocycles. The fourth-order valence-electron chi connectivity index (χ4n) is 2.85. The van der Waals surface area contributed by atoms with Crippen LogP contribution in [0.25, 0.3) is 11.1 Å². The highest BCUT2D eigenvalue weighted by Gasteiger charge is 2.56. The van der Waals surface area contributed by atoms with Gasteiger partial charge in [0, 0.05) is 10.5 Å². The third kappa shape index (κ3) is 6.98. The minimum Gasteiger partial charge on any atom is -0.386 e. The van der Waals surface area contributed by atoms with Crippen molar-refractivity contribution < 1.29 is 17.9 Å². The predicted molar refractivity (Wildman–Crippen MR) is 131 cm³/mol. The van der Waals surface area contributed by atoms with Gasteiger partial charge in [0.05, 0.1) is 0 Å². The molecule has 1 aliphatic heterocycles. The smallest absolute Gasteiger partial charge is 0.301 e. The quantitative estimate of drug-likeness (QED) is 0.453. The van der Waals surface area contributed by atoms with Crippen LogP contribution < -0.4 is 11.5 Å². The maximum Gasteiger partial charge on any atom is 0.301 e. The van der Waals surface area contributed by atoms with Gasteiger partial charge in [-0.3, -0.25) is 4.99 Å². The molecule has 0 saturated heterocycles. The topological polar surface area (TPSA) is 73.6 Å². The molecule has 2 aromatic carbocycles. The molecule has 8 heteroatoms. The molecule has 0 spiro atoms. The van der Waals surface area contributed by atoms with E-state index >= 15 is 8.78 Å². The lowest BCUT2D eigenvalue weighted by atomic mass is 9.88. The van der Waals surface area contributed by atoms with Crippen LogP contribution in [0, 0.1) is 5.82 Å². The number of ether oxygens (including phenoxy) is 1. The summed E-state index contributed by atoms with van der Waals surface area (Å²) in [7, 11) is 1.50. The third-order valence-corrected chi connectivity index (χ3v) is 4.77. The van der Waals surface area contributed by atoms with Crippen LogP contribution in [0.5, 0.6) is 0 Å². The summed E-state index contributed by atoms with van der Waals surface area (Å²) >= 11 is 4.28. The maximum atomic E-state index is 15.1. The van der Waals surface area contributed by atoms with Crippen molar-refractivity contribution in [2.45, 2.75) is 64.0 Å². The van der Waals surface area contributed by atoms with E-state index in [4.69, 9.17) is 10.5 Å². The number of benzene rings is 2. The van der Waals surface area contributed by atoms with Crippen LogP contribution >= 0.6 is 12.6 Å². The molecule has 4 N–H and O–H groups in total. The number of halogens is 3. The molecule has 0 aliphatic carbocycles. The van der Waals surface area contributed by atoms with Crippen molar-refractivity contribution in [3.8, 4) is 11.1 Å². The normalized spacial score (nSPS) is 18.2. The van der Waals surface area contributed by atoms with Crippen molar-refractivity contribution >= 4 is 18.5 Å². The summed E-state index contributed by atoms with van der Waals surface area (Å²) in [6, 6.07) is 9.45. The van der Waals surface area contributed by atoms with Gasteiger partial charge < -0.3 is 16.2 Å². The number of rotatable bonds is 2. The Hall–Kier alpha value is -2.03. The number of thiol groups is 1. The zero-order valence-electron chi connectivity index (χ0n) is 19.9. The van der Waals surface area contributed by atoms with Gasteiger partial charge in [0.2, 0.25) is 0 Å². The largest absolute Gasteiger partial charge is 0.386 e. The monoisotopic (exact) mass is 471 g/mol. The average molecular weight is 472 g/mol. The van der Waals surface area contributed by atoms with E-state index in [0.717, 1.165) is 11.6 Å². The van der Waals surface area contributed by atoms with Gasteiger partial charge in [-0.2, -0.15) is 0 Å². The third-order valence-electron chi connectivity index (χ3n) is 4.49. The van der Waals surface area contributed by atoms with E-state index in [1.165, 1.54) is 33.0 Å². The van der Waals surface area contributed by atoms with Gasteiger partial charge in [-0.05, 0) is 56.3 Å². The molecular weight excluding hydrogens is 435 g/mol. The van der Waals surface area contributed by atoms with Crippen LogP contribution in [0.15, 0.2) is 52.4 Å². The molecule has 0 saturated carbocycles. The van der Waals surface area contributed by atoms with E-state index < -0.39 is 23.4 Å². The summed E-state index contributed by atoms with van der Waals surface area (Å²) < 4.78 is 49.9. The molecule has 32 heavy (non-hydrogen) atoms. The van der Waals surface area contributed by atoms with E-state index in [1.54, 1.807) is 24.3 Å². The summed E-state index contributed by atoms with van der Waals surface area (Å²) in [6.07, 6.45) is 0. The van der Waals surface area contributed by atoms with Gasteiger partial charge >= 0.3 is 5.92 Å². The van der Waals surface area contributed by atoms with Crippen LogP contribution in [0.4, 0.5) is 13.2 Å². The molecule has 4 nitrogen and oxygen atoms in total. The van der Waals surface area contributed by atoms with Gasteiger partial charge in [-0.25, -0.2) is 13.2 Å². The molecular formula is C24H36F3N3OS. The van der Waals surface area contributed by atoms with Crippen molar-refractivity contribution in [2.24, 2.45) is 16.5 Å². The lowest BCUT2D eigenvalue weighted by molar-refractivity contribution is -0.191. The van der Waals surface area contributed by atoms with Crippen LogP contribution in [-0.4, -0.2) is 31.0 Å². The van der Waals surface area contributed by atoms with Gasteiger partial charge in [-0.1, -0.05) is 45.9 Å². The second-order valence-electron chi connectivity index (χ2n) is 6.73. The molecule has 0 amide bonds. The standard InChI is InChI=1S/C19H19F3N2OS.2C2H6.CH5N/c1-18(2)19(21,22)17(24-16(23)10-25-18)14-9-12(6-7-15(14)20)11-4-3-5-13(26)8-11;3*1-2/h3-9,17,26H,10H2,1-2H3,(H2,23,24);2*1-2H3;2H2,1H3. The molecule has 0 fully saturated rings. The first-order valence-corrected chi connectivity index (χ1v) is 11.1. The summed E-state index contributed by atoms with van der Waals surface area (Å²) in [5.41, 5.74) is 9.43. The number of nitrogens with zero attached hydrogens (tertiary/aromatic N) is 1. The van der Waals surface area contributed by atoms with Crippen LogP contribution in [-0.2, 0) is 4.74 Å². The fraction of sp³-hybridized carbons (Fsp3) is 0.458. The first kappa shape index (κ1) is 30.0. The van der Waals surface area contributed by atoms with E-state index in [0.29, 0.717) is 10.5 Å². The Morgan fingerprint density at radius 3 is 2.12 bits per heavy atom. The SMILES string of the molecule is CC.CC.CC1(C)OCC(N)=NC(c2cc(-c3cccc(S)c3)ccc2F)C1(F)F.CN. The Balaban J connectivity index is 0.00000148. The summed E-state index contributed by atoms with van der Waals surface area (Å²) in [4.78, 5) is 4.59. The van der Waals surface area contributed by atoms with E-state index in [-0.39, 0.29) is 18.0 Å². The van der Waals surface area contributed by atoms with Gasteiger partial charge in [0.25, 0.3) is 0 Å². The van der Waals surface area contributed by atoms with Crippen molar-refractivity contribution in [3.05, 3.63) is 53.8 Å².